The van der Waals surface area contributed by atoms with Gasteiger partial charge < -0.3 is 0 Å². The van der Waals surface area contributed by atoms with Gasteiger partial charge in [-0.1, -0.05) is 19.1 Å². The van der Waals surface area contributed by atoms with E-state index in [1.54, 1.807) is 6.92 Å². The second kappa shape index (κ2) is 6.78. The normalized spacial score (nSPS) is 12.9. The van der Waals surface area contributed by atoms with Gasteiger partial charge in [0.15, 0.2) is 0 Å². The van der Waals surface area contributed by atoms with Crippen molar-refractivity contribution in [3.63, 3.8) is 0 Å². The fraction of sp³-hybridized carbons (Fsp3) is 0.500. The lowest BCUT2D eigenvalue weighted by Crippen LogP contribution is -2.39. The molecule has 0 aliphatic rings. The number of sulfonamides is 1. The predicted molar refractivity (Wildman–Crippen MR) is 71.1 cm³/mol. The second-order valence-electron chi connectivity index (χ2n) is 4.23. The maximum atomic E-state index is 12.5. The highest BCUT2D eigenvalue weighted by molar-refractivity contribution is 7.89. The molecule has 0 atom stereocenters. The minimum absolute atomic E-state index is 0.163. The van der Waals surface area contributed by atoms with Crippen LogP contribution < -0.4 is 0 Å². The topological polar surface area (TPSA) is 37.4 Å². The van der Waals surface area contributed by atoms with Crippen molar-refractivity contribution in [2.24, 2.45) is 0 Å². The molecule has 1 aromatic rings. The molecule has 3 nitrogen and oxygen atoms in total. The van der Waals surface area contributed by atoms with Crippen LogP contribution in [0.3, 0.4) is 0 Å². The standard InChI is InChI=1S/C12H15ClF3NO2S/c1-2-7-17(9-12(14,15)16)20(18,19)11-5-3-10(8-13)4-6-11/h3-6H,2,7-9H2,1H3. The maximum Gasteiger partial charge on any atom is 0.402 e. The highest BCUT2D eigenvalue weighted by Crippen LogP contribution is 2.23. The summed E-state index contributed by atoms with van der Waals surface area (Å²) >= 11 is 5.58. The highest BCUT2D eigenvalue weighted by atomic mass is 35.5. The van der Waals surface area contributed by atoms with E-state index in [4.69, 9.17) is 11.6 Å². The average molecular weight is 330 g/mol. The van der Waals surface area contributed by atoms with Crippen LogP contribution in [-0.4, -0.2) is 32.0 Å². The fourth-order valence-corrected chi connectivity index (χ4v) is 3.33. The van der Waals surface area contributed by atoms with Gasteiger partial charge in [-0.05, 0) is 24.1 Å². The van der Waals surface area contributed by atoms with Gasteiger partial charge in [-0.3, -0.25) is 0 Å². The zero-order chi connectivity index (χ0) is 15.4. The average Bonchev–Trinajstić information content (AvgIpc) is 2.37. The van der Waals surface area contributed by atoms with Crippen molar-refractivity contribution in [3.05, 3.63) is 29.8 Å². The molecule has 0 aliphatic heterocycles. The van der Waals surface area contributed by atoms with Crippen molar-refractivity contribution < 1.29 is 21.6 Å². The number of hydrogen-bond donors (Lipinski definition) is 0. The molecule has 0 bridgehead atoms. The number of hydrogen-bond acceptors (Lipinski definition) is 2. The zero-order valence-electron chi connectivity index (χ0n) is 10.8. The van der Waals surface area contributed by atoms with Gasteiger partial charge in [0, 0.05) is 12.4 Å². The van der Waals surface area contributed by atoms with E-state index in [-0.39, 0.29) is 17.3 Å². The van der Waals surface area contributed by atoms with Gasteiger partial charge in [0.2, 0.25) is 10.0 Å². The minimum atomic E-state index is -4.57. The molecule has 1 aromatic carbocycles. The Labute approximate surface area is 121 Å². The SMILES string of the molecule is CCCN(CC(F)(F)F)S(=O)(=O)c1ccc(CCl)cc1. The Morgan fingerprint density at radius 1 is 1.20 bits per heavy atom. The number of nitrogens with zero attached hydrogens (tertiary/aromatic N) is 1. The Morgan fingerprint density at radius 3 is 2.15 bits per heavy atom. The first kappa shape index (κ1) is 17.3. The van der Waals surface area contributed by atoms with Crippen LogP contribution in [0, 0.1) is 0 Å². The minimum Gasteiger partial charge on any atom is -0.207 e. The summed E-state index contributed by atoms with van der Waals surface area (Å²) in [5, 5.41) is 0. The molecule has 0 spiro atoms. The number of rotatable bonds is 6. The van der Waals surface area contributed by atoms with E-state index in [2.05, 4.69) is 0 Å². The Balaban J connectivity index is 3.08. The van der Waals surface area contributed by atoms with Crippen LogP contribution in [0.5, 0.6) is 0 Å². The highest BCUT2D eigenvalue weighted by Gasteiger charge is 2.36. The molecular weight excluding hydrogens is 315 g/mol. The molecular formula is C12H15ClF3NO2S. The molecule has 0 saturated carbocycles. The Hall–Kier alpha value is -0.790. The van der Waals surface area contributed by atoms with Crippen molar-refractivity contribution in [1.29, 1.82) is 0 Å². The smallest absolute Gasteiger partial charge is 0.207 e. The first-order valence-electron chi connectivity index (χ1n) is 5.92. The Bertz CT molecular complexity index is 529. The molecule has 0 aliphatic carbocycles. The van der Waals surface area contributed by atoms with Crippen LogP contribution in [0.1, 0.15) is 18.9 Å². The van der Waals surface area contributed by atoms with Crippen LogP contribution in [0.2, 0.25) is 0 Å². The molecule has 20 heavy (non-hydrogen) atoms. The molecule has 0 aromatic heterocycles. The third-order valence-electron chi connectivity index (χ3n) is 2.54. The second-order valence-corrected chi connectivity index (χ2v) is 6.44. The predicted octanol–water partition coefficient (Wildman–Crippen LogP) is 3.39. The summed E-state index contributed by atoms with van der Waals surface area (Å²) in [4.78, 5) is -0.163. The molecule has 0 N–H and O–H groups in total. The van der Waals surface area contributed by atoms with Crippen LogP contribution in [0.4, 0.5) is 13.2 Å². The van der Waals surface area contributed by atoms with Crippen molar-refractivity contribution in [2.75, 3.05) is 13.1 Å². The van der Waals surface area contributed by atoms with Crippen LogP contribution in [0.15, 0.2) is 29.2 Å². The van der Waals surface area contributed by atoms with Crippen molar-refractivity contribution in [1.82, 2.24) is 4.31 Å². The summed E-state index contributed by atoms with van der Waals surface area (Å²) in [7, 11) is -4.15. The molecule has 0 unspecified atom stereocenters. The molecule has 1 rings (SSSR count). The third-order valence-corrected chi connectivity index (χ3v) is 4.71. The van der Waals surface area contributed by atoms with Crippen LogP contribution in [0.25, 0.3) is 0 Å². The molecule has 0 fully saturated rings. The quantitative estimate of drug-likeness (QED) is 0.750. The van der Waals surface area contributed by atoms with Gasteiger partial charge in [-0.2, -0.15) is 17.5 Å². The first-order valence-corrected chi connectivity index (χ1v) is 7.90. The zero-order valence-corrected chi connectivity index (χ0v) is 12.4. The molecule has 0 saturated heterocycles. The summed E-state index contributed by atoms with van der Waals surface area (Å²) in [5.41, 5.74) is 0.698. The summed E-state index contributed by atoms with van der Waals surface area (Å²) in [6.07, 6.45) is -4.27. The lowest BCUT2D eigenvalue weighted by atomic mass is 10.2. The molecule has 0 amide bonds. The van der Waals surface area contributed by atoms with Crippen LogP contribution >= 0.6 is 11.6 Å². The van der Waals surface area contributed by atoms with Gasteiger partial charge in [0.1, 0.15) is 6.54 Å². The van der Waals surface area contributed by atoms with Gasteiger partial charge in [-0.15, -0.1) is 11.6 Å². The van der Waals surface area contributed by atoms with Gasteiger partial charge in [0.25, 0.3) is 0 Å². The largest absolute Gasteiger partial charge is 0.402 e. The number of alkyl halides is 4. The Morgan fingerprint density at radius 2 is 1.75 bits per heavy atom. The Kier molecular flexibility index (Phi) is 5.85. The van der Waals surface area contributed by atoms with E-state index in [0.29, 0.717) is 16.3 Å². The van der Waals surface area contributed by atoms with E-state index in [0.717, 1.165) is 0 Å². The van der Waals surface area contributed by atoms with E-state index >= 15 is 0 Å². The van der Waals surface area contributed by atoms with Gasteiger partial charge >= 0.3 is 6.18 Å². The lowest BCUT2D eigenvalue weighted by Gasteiger charge is -2.22. The van der Waals surface area contributed by atoms with Crippen molar-refractivity contribution >= 4 is 21.6 Å². The van der Waals surface area contributed by atoms with E-state index in [9.17, 15) is 21.6 Å². The molecule has 8 heteroatoms. The molecule has 114 valence electrons. The fourth-order valence-electron chi connectivity index (χ4n) is 1.63. The summed E-state index contributed by atoms with van der Waals surface area (Å²) in [5.74, 6) is 0.210. The van der Waals surface area contributed by atoms with E-state index in [1.165, 1.54) is 24.3 Å². The summed E-state index contributed by atoms with van der Waals surface area (Å²) in [6, 6.07) is 5.51. The maximum absolute atomic E-state index is 12.5. The molecule has 0 radical (unpaired) electrons. The van der Waals surface area contributed by atoms with Crippen molar-refractivity contribution in [3.8, 4) is 0 Å². The number of halogens is 4. The number of benzene rings is 1. The monoisotopic (exact) mass is 329 g/mol. The van der Waals surface area contributed by atoms with E-state index < -0.39 is 22.7 Å². The van der Waals surface area contributed by atoms with E-state index in [1.807, 2.05) is 0 Å². The third kappa shape index (κ3) is 4.64. The van der Waals surface area contributed by atoms with Crippen molar-refractivity contribution in [2.45, 2.75) is 30.3 Å². The lowest BCUT2D eigenvalue weighted by molar-refractivity contribution is -0.136. The summed E-state index contributed by atoms with van der Waals surface area (Å²) in [6.45, 7) is -0.0466. The van der Waals surface area contributed by atoms with Gasteiger partial charge in [0.05, 0.1) is 4.90 Å². The molecule has 0 heterocycles. The first-order chi connectivity index (χ1) is 9.20. The van der Waals surface area contributed by atoms with Gasteiger partial charge in [-0.25, -0.2) is 8.42 Å². The summed E-state index contributed by atoms with van der Waals surface area (Å²) < 4.78 is 62.2. The van der Waals surface area contributed by atoms with Crippen LogP contribution in [-0.2, 0) is 15.9 Å².